The molecule has 1 aromatic carbocycles. The van der Waals surface area contributed by atoms with Gasteiger partial charge in [0.25, 0.3) is 0 Å². The second kappa shape index (κ2) is 11.1. The van der Waals surface area contributed by atoms with Crippen molar-refractivity contribution in [1.82, 2.24) is 0 Å². The maximum absolute atomic E-state index is 12.7. The van der Waals surface area contributed by atoms with Crippen LogP contribution in [-0.2, 0) is 14.3 Å². The van der Waals surface area contributed by atoms with Crippen molar-refractivity contribution in [3.63, 3.8) is 0 Å². The highest BCUT2D eigenvalue weighted by atomic mass is 16.6. The van der Waals surface area contributed by atoms with Crippen molar-refractivity contribution in [2.75, 3.05) is 7.11 Å². The molecular weight excluding hydrogens is 480 g/mol. The number of phenols is 1. The molecule has 8 atom stereocenters. The Morgan fingerprint density at radius 3 is 2.34 bits per heavy atom. The van der Waals surface area contributed by atoms with Gasteiger partial charge in [-0.1, -0.05) is 27.7 Å². The van der Waals surface area contributed by atoms with Crippen molar-refractivity contribution in [3.05, 3.63) is 18.2 Å². The van der Waals surface area contributed by atoms with E-state index in [-0.39, 0.29) is 34.6 Å². The molecule has 0 radical (unpaired) electrons. The summed E-state index contributed by atoms with van der Waals surface area (Å²) in [6, 6.07) is 4.49. The lowest BCUT2D eigenvalue weighted by Crippen LogP contribution is -2.49. The first-order valence-electron chi connectivity index (χ1n) is 14.8. The molecule has 4 aliphatic rings. The van der Waals surface area contributed by atoms with Crippen molar-refractivity contribution in [3.8, 4) is 17.2 Å². The number of aromatic hydroxyl groups is 1. The highest BCUT2D eigenvalue weighted by Gasteiger charge is 2.67. The molecule has 4 bridgehead atoms. The van der Waals surface area contributed by atoms with E-state index in [2.05, 4.69) is 13.8 Å². The third kappa shape index (κ3) is 5.16. The Bertz CT molecular complexity index is 1020. The van der Waals surface area contributed by atoms with Crippen LogP contribution in [0.3, 0.4) is 0 Å². The molecule has 0 aliphatic heterocycles. The zero-order valence-electron chi connectivity index (χ0n) is 24.4. The normalized spacial score (nSPS) is 33.2. The Hall–Kier alpha value is -2.24. The van der Waals surface area contributed by atoms with Crippen LogP contribution in [0.25, 0.3) is 0 Å². The topological polar surface area (TPSA) is 82.1 Å². The maximum atomic E-state index is 12.7. The van der Waals surface area contributed by atoms with Crippen molar-refractivity contribution < 1.29 is 28.9 Å². The van der Waals surface area contributed by atoms with E-state index in [0.717, 1.165) is 55.3 Å². The summed E-state index contributed by atoms with van der Waals surface area (Å²) in [6.45, 7) is 12.1. The van der Waals surface area contributed by atoms with Crippen molar-refractivity contribution in [1.29, 1.82) is 0 Å². The summed E-state index contributed by atoms with van der Waals surface area (Å²) < 4.78 is 16.3. The molecule has 6 nitrogen and oxygen atoms in total. The van der Waals surface area contributed by atoms with Gasteiger partial charge in [-0.25, -0.2) is 0 Å². The summed E-state index contributed by atoms with van der Waals surface area (Å²) in [6.07, 6.45) is 9.51. The van der Waals surface area contributed by atoms with Gasteiger partial charge in [-0.2, -0.15) is 0 Å². The molecule has 1 aromatic rings. The molecular formula is C32H48O6. The van der Waals surface area contributed by atoms with E-state index in [1.54, 1.807) is 19.1 Å². The smallest absolute Gasteiger partial charge is 0.314 e. The minimum absolute atomic E-state index is 0.0445. The van der Waals surface area contributed by atoms with Crippen molar-refractivity contribution >= 4 is 11.9 Å². The van der Waals surface area contributed by atoms with Gasteiger partial charge in [0.2, 0.25) is 0 Å². The van der Waals surface area contributed by atoms with Crippen LogP contribution in [0, 0.1) is 46.8 Å². The van der Waals surface area contributed by atoms with Crippen molar-refractivity contribution in [2.24, 2.45) is 46.8 Å². The van der Waals surface area contributed by atoms with Crippen LogP contribution < -0.4 is 9.47 Å². The van der Waals surface area contributed by atoms with Crippen LogP contribution in [0.15, 0.2) is 18.2 Å². The zero-order chi connectivity index (χ0) is 27.8. The lowest BCUT2D eigenvalue weighted by atomic mass is 9.65. The molecule has 5 rings (SSSR count). The van der Waals surface area contributed by atoms with Gasteiger partial charge in [-0.05, 0) is 107 Å². The quantitative estimate of drug-likeness (QED) is 0.219. The van der Waals surface area contributed by atoms with Crippen LogP contribution in [-0.4, -0.2) is 29.8 Å². The third-order valence-corrected chi connectivity index (χ3v) is 10.6. The third-order valence-electron chi connectivity index (χ3n) is 10.6. The van der Waals surface area contributed by atoms with Gasteiger partial charge < -0.3 is 19.3 Å². The summed E-state index contributed by atoms with van der Waals surface area (Å²) in [4.78, 5) is 24.2. The molecule has 4 saturated carbocycles. The highest BCUT2D eigenvalue weighted by molar-refractivity contribution is 5.76. The predicted octanol–water partition coefficient (Wildman–Crippen LogP) is 7.17. The highest BCUT2D eigenvalue weighted by Crippen LogP contribution is 2.71. The Labute approximate surface area is 228 Å². The summed E-state index contributed by atoms with van der Waals surface area (Å²) in [5, 5.41) is 9.48. The fourth-order valence-corrected chi connectivity index (χ4v) is 7.88. The van der Waals surface area contributed by atoms with Crippen LogP contribution in [0.5, 0.6) is 17.2 Å². The van der Waals surface area contributed by atoms with Crippen molar-refractivity contribution in [2.45, 2.75) is 98.5 Å². The Morgan fingerprint density at radius 2 is 1.76 bits per heavy atom. The van der Waals surface area contributed by atoms with Crippen LogP contribution in [0.2, 0.25) is 0 Å². The summed E-state index contributed by atoms with van der Waals surface area (Å²) in [5.41, 5.74) is -0.460. The summed E-state index contributed by atoms with van der Waals surface area (Å²) >= 11 is 0. The van der Waals surface area contributed by atoms with Gasteiger partial charge in [-0.3, -0.25) is 9.59 Å². The van der Waals surface area contributed by atoms with E-state index in [4.69, 9.17) is 14.2 Å². The molecule has 0 heterocycles. The Morgan fingerprint density at radius 1 is 1.08 bits per heavy atom. The number of hydrogen-bond acceptors (Lipinski definition) is 6. The van der Waals surface area contributed by atoms with E-state index in [1.807, 2.05) is 20.8 Å². The number of rotatable bonds is 8. The van der Waals surface area contributed by atoms with E-state index in [1.165, 1.54) is 38.9 Å². The van der Waals surface area contributed by atoms with Crippen LogP contribution in [0.4, 0.5) is 0 Å². The summed E-state index contributed by atoms with van der Waals surface area (Å²) in [7, 11) is 1.46. The fourth-order valence-electron chi connectivity index (χ4n) is 7.88. The predicted molar refractivity (Wildman–Crippen MR) is 147 cm³/mol. The molecule has 38 heavy (non-hydrogen) atoms. The van der Waals surface area contributed by atoms with E-state index in [0.29, 0.717) is 17.4 Å². The molecule has 1 N–H and O–H groups in total. The molecule has 4 aliphatic carbocycles. The summed E-state index contributed by atoms with van der Waals surface area (Å²) in [5.74, 6) is 5.58. The monoisotopic (exact) mass is 528 g/mol. The van der Waals surface area contributed by atoms with Crippen LogP contribution >= 0.6 is 0 Å². The molecule has 6 heteroatoms. The first-order chi connectivity index (χ1) is 18.0. The number of ether oxygens (including phenoxy) is 3. The number of fused-ring (bicyclic) bond motifs is 9. The van der Waals surface area contributed by atoms with E-state index < -0.39 is 0 Å². The largest absolute Gasteiger partial charge is 0.504 e. The molecule has 212 valence electrons. The number of carbonyl (C=O) groups excluding carboxylic acids is 2. The first-order valence-corrected chi connectivity index (χ1v) is 14.8. The van der Waals surface area contributed by atoms with Gasteiger partial charge in [0.05, 0.1) is 18.4 Å². The lowest BCUT2D eigenvalue weighted by molar-refractivity contribution is -0.183. The lowest BCUT2D eigenvalue weighted by Gasteiger charge is -2.46. The average Bonchev–Trinajstić information content (AvgIpc) is 3.68. The number of hydrogen-bond donors (Lipinski definition) is 1. The minimum Gasteiger partial charge on any atom is -0.504 e. The van der Waals surface area contributed by atoms with E-state index >= 15 is 0 Å². The standard InChI is InChI=1S/C20H32O2.C12H16O4/c1-5-19(3,4)18(21)22-20(6-2)11-14-10-15(20)17-13-8-7-12(9-13)16(14)17;1-4-8(2)12(14)16-9-5-6-11(15-3)10(13)7-9/h12-17H,5-11H2,1-4H3;5-8,13H,4H2,1-3H3. The van der Waals surface area contributed by atoms with Gasteiger partial charge >= 0.3 is 11.9 Å². The molecule has 0 amide bonds. The number of carbonyl (C=O) groups is 2. The van der Waals surface area contributed by atoms with Gasteiger partial charge in [0.1, 0.15) is 11.4 Å². The minimum atomic E-state index is -0.335. The number of benzene rings is 1. The maximum Gasteiger partial charge on any atom is 0.314 e. The molecule has 8 unspecified atom stereocenters. The van der Waals surface area contributed by atoms with Gasteiger partial charge in [-0.15, -0.1) is 0 Å². The fraction of sp³-hybridized carbons (Fsp3) is 0.750. The second-order valence-electron chi connectivity index (χ2n) is 12.9. The molecule has 0 spiro atoms. The molecule has 0 saturated heterocycles. The first kappa shape index (κ1) is 28.8. The Kier molecular flexibility index (Phi) is 8.40. The number of esters is 2. The SMILES string of the molecule is CCC(C)(C)C(=O)OC1(CC)CC2CC1C1C3CCC(C3)C21.CCC(C)C(=O)Oc1ccc(OC)c(O)c1. The van der Waals surface area contributed by atoms with Gasteiger partial charge in [0, 0.05) is 12.0 Å². The average molecular weight is 529 g/mol. The zero-order valence-corrected chi connectivity index (χ0v) is 24.4. The molecule has 4 fully saturated rings. The number of phenolic OH excluding ortho intramolecular Hbond substituents is 1. The van der Waals surface area contributed by atoms with E-state index in [9.17, 15) is 14.7 Å². The number of methoxy groups -OCH3 is 1. The molecule has 0 aromatic heterocycles. The second-order valence-corrected chi connectivity index (χ2v) is 12.9. The Balaban J connectivity index is 0.000000188. The van der Waals surface area contributed by atoms with Crippen LogP contribution in [0.1, 0.15) is 92.9 Å². The van der Waals surface area contributed by atoms with Gasteiger partial charge in [0.15, 0.2) is 11.5 Å².